The number of likely N-dealkylation sites (tertiary alicyclic amines) is 1. The molecule has 1 heterocycles. The third kappa shape index (κ3) is 3.46. The zero-order valence-corrected chi connectivity index (χ0v) is 9.82. The van der Waals surface area contributed by atoms with E-state index in [1.807, 2.05) is 4.90 Å². The summed E-state index contributed by atoms with van der Waals surface area (Å²) in [5.74, 6) is 0.175. The average molecular weight is 226 g/mol. The molecule has 16 heavy (non-hydrogen) atoms. The summed E-state index contributed by atoms with van der Waals surface area (Å²) >= 11 is 0. The van der Waals surface area contributed by atoms with Gasteiger partial charge in [0.25, 0.3) is 0 Å². The van der Waals surface area contributed by atoms with Crippen molar-refractivity contribution >= 4 is 5.97 Å². The zero-order valence-electron chi connectivity index (χ0n) is 9.82. The van der Waals surface area contributed by atoms with Crippen LogP contribution in [0.25, 0.3) is 0 Å². The number of nitrogens with zero attached hydrogens (tertiary/aromatic N) is 1. The number of hydrogen-bond donors (Lipinski definition) is 2. The summed E-state index contributed by atoms with van der Waals surface area (Å²) in [6.45, 7) is 3.17. The molecule has 0 spiro atoms. The first-order valence-corrected chi connectivity index (χ1v) is 6.41. The molecule has 1 aliphatic heterocycles. The van der Waals surface area contributed by atoms with Crippen molar-refractivity contribution in [2.24, 2.45) is 5.92 Å². The molecular weight excluding hydrogens is 204 g/mol. The van der Waals surface area contributed by atoms with Gasteiger partial charge in [-0.3, -0.25) is 9.69 Å². The van der Waals surface area contributed by atoms with Gasteiger partial charge < -0.3 is 10.4 Å². The second kappa shape index (κ2) is 5.64. The van der Waals surface area contributed by atoms with E-state index in [0.717, 1.165) is 32.0 Å². The molecule has 92 valence electrons. The van der Waals surface area contributed by atoms with Gasteiger partial charge in [-0.25, -0.2) is 0 Å². The largest absolute Gasteiger partial charge is 0.480 e. The first-order valence-electron chi connectivity index (χ1n) is 6.41. The Bertz CT molecular complexity index is 241. The van der Waals surface area contributed by atoms with Gasteiger partial charge >= 0.3 is 5.97 Å². The maximum absolute atomic E-state index is 10.6. The van der Waals surface area contributed by atoms with Gasteiger partial charge in [-0.15, -0.1) is 0 Å². The van der Waals surface area contributed by atoms with Crippen LogP contribution in [0, 0.1) is 5.92 Å². The minimum Gasteiger partial charge on any atom is -0.480 e. The van der Waals surface area contributed by atoms with E-state index in [9.17, 15) is 4.79 Å². The number of rotatable bonds is 5. The third-order valence-electron chi connectivity index (χ3n) is 3.78. The fourth-order valence-electron chi connectivity index (χ4n) is 2.59. The topological polar surface area (TPSA) is 52.6 Å². The second-order valence-electron chi connectivity index (χ2n) is 5.17. The molecule has 0 radical (unpaired) electrons. The molecule has 0 aromatic carbocycles. The number of nitrogens with one attached hydrogen (secondary N) is 1. The van der Waals surface area contributed by atoms with Crippen LogP contribution >= 0.6 is 0 Å². The first kappa shape index (κ1) is 11.9. The van der Waals surface area contributed by atoms with E-state index in [1.54, 1.807) is 0 Å². The van der Waals surface area contributed by atoms with Crippen LogP contribution in [0.15, 0.2) is 0 Å². The number of aliphatic carboxylic acids is 1. The van der Waals surface area contributed by atoms with E-state index in [2.05, 4.69) is 5.32 Å². The third-order valence-corrected chi connectivity index (χ3v) is 3.78. The average Bonchev–Trinajstić information content (AvgIpc) is 2.14. The Morgan fingerprint density at radius 2 is 2.12 bits per heavy atom. The summed E-state index contributed by atoms with van der Waals surface area (Å²) < 4.78 is 0. The van der Waals surface area contributed by atoms with Crippen molar-refractivity contribution in [2.75, 3.05) is 26.2 Å². The molecule has 2 fully saturated rings. The molecule has 2 aliphatic rings. The summed E-state index contributed by atoms with van der Waals surface area (Å²) in [4.78, 5) is 12.7. The van der Waals surface area contributed by atoms with Crippen LogP contribution < -0.4 is 5.32 Å². The fourth-order valence-corrected chi connectivity index (χ4v) is 2.59. The molecule has 1 saturated carbocycles. The Labute approximate surface area is 97.0 Å². The fraction of sp³-hybridized carbons (Fsp3) is 0.917. The number of piperidine rings is 1. The Kier molecular flexibility index (Phi) is 4.18. The second-order valence-corrected chi connectivity index (χ2v) is 5.17. The smallest absolute Gasteiger partial charge is 0.317 e. The van der Waals surface area contributed by atoms with E-state index in [-0.39, 0.29) is 6.54 Å². The van der Waals surface area contributed by atoms with E-state index >= 15 is 0 Å². The maximum atomic E-state index is 10.6. The number of carbonyl (C=O) groups is 1. The molecule has 1 aliphatic carbocycles. The monoisotopic (exact) mass is 226 g/mol. The lowest BCUT2D eigenvalue weighted by Gasteiger charge is -2.34. The van der Waals surface area contributed by atoms with Crippen molar-refractivity contribution < 1.29 is 9.90 Å². The standard InChI is InChI=1S/C12H22N2O2/c15-12(16)9-14-6-2-5-11(8-14)13-7-10-3-1-4-10/h10-11,13H,1-9H2,(H,15,16). The van der Waals surface area contributed by atoms with E-state index in [4.69, 9.17) is 5.11 Å². The lowest BCUT2D eigenvalue weighted by atomic mass is 9.85. The highest BCUT2D eigenvalue weighted by atomic mass is 16.4. The van der Waals surface area contributed by atoms with Crippen LogP contribution in [-0.4, -0.2) is 48.2 Å². The lowest BCUT2D eigenvalue weighted by Crippen LogP contribution is -2.48. The highest BCUT2D eigenvalue weighted by Crippen LogP contribution is 2.25. The van der Waals surface area contributed by atoms with Crippen LogP contribution in [0.1, 0.15) is 32.1 Å². The highest BCUT2D eigenvalue weighted by Gasteiger charge is 2.23. The van der Waals surface area contributed by atoms with E-state index in [0.29, 0.717) is 6.04 Å². The highest BCUT2D eigenvalue weighted by molar-refractivity contribution is 5.69. The lowest BCUT2D eigenvalue weighted by molar-refractivity contribution is -0.138. The van der Waals surface area contributed by atoms with Gasteiger partial charge in [0.15, 0.2) is 0 Å². The van der Waals surface area contributed by atoms with Crippen molar-refractivity contribution in [3.8, 4) is 0 Å². The summed E-state index contributed by atoms with van der Waals surface area (Å²) in [6.07, 6.45) is 6.46. The van der Waals surface area contributed by atoms with Gasteiger partial charge in [-0.05, 0) is 44.7 Å². The molecule has 1 saturated heterocycles. The Morgan fingerprint density at radius 1 is 1.31 bits per heavy atom. The SMILES string of the molecule is O=C(O)CN1CCCC(NCC2CCC2)C1. The van der Waals surface area contributed by atoms with Gasteiger partial charge in [-0.1, -0.05) is 6.42 Å². The molecule has 0 aromatic heterocycles. The van der Waals surface area contributed by atoms with Crippen LogP contribution in [0.5, 0.6) is 0 Å². The molecule has 0 amide bonds. The predicted octanol–water partition coefficient (Wildman–Crippen LogP) is 0.925. The Morgan fingerprint density at radius 3 is 2.75 bits per heavy atom. The van der Waals surface area contributed by atoms with Crippen molar-refractivity contribution in [2.45, 2.75) is 38.1 Å². The van der Waals surface area contributed by atoms with Crippen LogP contribution in [0.2, 0.25) is 0 Å². The van der Waals surface area contributed by atoms with Gasteiger partial charge in [0.05, 0.1) is 6.54 Å². The molecule has 1 unspecified atom stereocenters. The Balaban J connectivity index is 1.66. The molecule has 2 N–H and O–H groups in total. The molecule has 4 heteroatoms. The molecule has 0 aromatic rings. The minimum atomic E-state index is -0.709. The van der Waals surface area contributed by atoms with Crippen molar-refractivity contribution in [3.63, 3.8) is 0 Å². The van der Waals surface area contributed by atoms with Crippen molar-refractivity contribution in [1.82, 2.24) is 10.2 Å². The van der Waals surface area contributed by atoms with Crippen LogP contribution in [-0.2, 0) is 4.79 Å². The number of carboxylic acid groups (broad SMARTS) is 1. The zero-order chi connectivity index (χ0) is 11.4. The quantitative estimate of drug-likeness (QED) is 0.732. The summed E-state index contributed by atoms with van der Waals surface area (Å²) in [6, 6.07) is 0.508. The van der Waals surface area contributed by atoms with Crippen molar-refractivity contribution in [3.05, 3.63) is 0 Å². The molecule has 4 nitrogen and oxygen atoms in total. The maximum Gasteiger partial charge on any atom is 0.317 e. The molecule has 1 atom stereocenters. The number of hydrogen-bond acceptors (Lipinski definition) is 3. The number of carboxylic acids is 1. The van der Waals surface area contributed by atoms with Crippen LogP contribution in [0.4, 0.5) is 0 Å². The van der Waals surface area contributed by atoms with Gasteiger partial charge in [0.2, 0.25) is 0 Å². The molecule has 0 bridgehead atoms. The first-order chi connectivity index (χ1) is 7.74. The summed E-state index contributed by atoms with van der Waals surface area (Å²) in [5, 5.41) is 12.3. The van der Waals surface area contributed by atoms with Crippen molar-refractivity contribution in [1.29, 1.82) is 0 Å². The van der Waals surface area contributed by atoms with E-state index < -0.39 is 5.97 Å². The summed E-state index contributed by atoms with van der Waals surface area (Å²) in [7, 11) is 0. The van der Waals surface area contributed by atoms with Gasteiger partial charge in [-0.2, -0.15) is 0 Å². The minimum absolute atomic E-state index is 0.196. The molecular formula is C12H22N2O2. The Hall–Kier alpha value is -0.610. The van der Waals surface area contributed by atoms with Crippen LogP contribution in [0.3, 0.4) is 0 Å². The van der Waals surface area contributed by atoms with Gasteiger partial charge in [0.1, 0.15) is 0 Å². The normalized spacial score (nSPS) is 27.6. The molecule has 2 rings (SSSR count). The van der Waals surface area contributed by atoms with E-state index in [1.165, 1.54) is 25.7 Å². The summed E-state index contributed by atoms with van der Waals surface area (Å²) in [5.41, 5.74) is 0. The van der Waals surface area contributed by atoms with Gasteiger partial charge in [0, 0.05) is 12.6 Å². The predicted molar refractivity (Wildman–Crippen MR) is 62.4 cm³/mol.